The monoisotopic (exact) mass is 301 g/mol. The topological polar surface area (TPSA) is 74.7 Å². The van der Waals surface area contributed by atoms with Crippen LogP contribution in [-0.2, 0) is 6.42 Å². The van der Waals surface area contributed by atoms with Crippen molar-refractivity contribution in [3.05, 3.63) is 69.1 Å². The number of aryl methyl sites for hydroxylation is 1. The van der Waals surface area contributed by atoms with Gasteiger partial charge < -0.3 is 15.7 Å². The van der Waals surface area contributed by atoms with Gasteiger partial charge in [-0.25, -0.2) is 4.79 Å². The Hall–Kier alpha value is -2.04. The van der Waals surface area contributed by atoms with Gasteiger partial charge in [-0.15, -0.1) is 0 Å². The van der Waals surface area contributed by atoms with E-state index in [1.54, 1.807) is 6.07 Å². The fraction of sp³-hybridized carbons (Fsp3) is 0.188. The van der Waals surface area contributed by atoms with Crippen LogP contribution in [-0.4, -0.2) is 9.97 Å². The average Bonchev–Trinajstić information content (AvgIpc) is 2.84. The average molecular weight is 302 g/mol. The summed E-state index contributed by atoms with van der Waals surface area (Å²) >= 11 is 6.27. The summed E-state index contributed by atoms with van der Waals surface area (Å²) in [5.41, 5.74) is 9.55. The van der Waals surface area contributed by atoms with Crippen molar-refractivity contribution in [3.8, 4) is 0 Å². The molecule has 1 heterocycles. The van der Waals surface area contributed by atoms with Crippen molar-refractivity contribution in [2.75, 3.05) is 0 Å². The zero-order chi connectivity index (χ0) is 14.8. The van der Waals surface area contributed by atoms with Gasteiger partial charge in [0, 0.05) is 11.1 Å². The number of halogens is 1. The molecule has 0 amide bonds. The number of H-pyrrole nitrogens is 2. The molecule has 5 heteroatoms. The summed E-state index contributed by atoms with van der Waals surface area (Å²) < 4.78 is 0. The zero-order valence-electron chi connectivity index (χ0n) is 11.4. The molecular weight excluding hydrogens is 286 g/mol. The van der Waals surface area contributed by atoms with E-state index in [0.29, 0.717) is 10.5 Å². The Bertz CT molecular complexity index is 807. The number of aromatic nitrogens is 2. The number of hydrogen-bond acceptors (Lipinski definition) is 2. The molecule has 108 valence electrons. The van der Waals surface area contributed by atoms with Crippen LogP contribution in [0.1, 0.15) is 23.6 Å². The lowest BCUT2D eigenvalue weighted by Crippen LogP contribution is -2.12. The number of benzene rings is 2. The molecule has 21 heavy (non-hydrogen) atoms. The molecule has 1 unspecified atom stereocenters. The van der Waals surface area contributed by atoms with E-state index in [1.807, 2.05) is 24.3 Å². The summed E-state index contributed by atoms with van der Waals surface area (Å²) in [4.78, 5) is 16.7. The van der Waals surface area contributed by atoms with Gasteiger partial charge in [0.2, 0.25) is 0 Å². The highest BCUT2D eigenvalue weighted by Gasteiger charge is 2.13. The minimum Gasteiger partial charge on any atom is -0.324 e. The van der Waals surface area contributed by atoms with E-state index in [0.717, 1.165) is 23.9 Å². The second kappa shape index (κ2) is 5.76. The summed E-state index contributed by atoms with van der Waals surface area (Å²) in [6.07, 6.45) is 1.68. The fourth-order valence-electron chi connectivity index (χ4n) is 2.48. The van der Waals surface area contributed by atoms with Crippen molar-refractivity contribution in [2.24, 2.45) is 5.73 Å². The Morgan fingerprint density at radius 2 is 1.76 bits per heavy atom. The molecule has 0 radical (unpaired) electrons. The zero-order valence-corrected chi connectivity index (χ0v) is 12.2. The van der Waals surface area contributed by atoms with Crippen LogP contribution in [0.3, 0.4) is 0 Å². The van der Waals surface area contributed by atoms with Crippen LogP contribution >= 0.6 is 11.6 Å². The van der Waals surface area contributed by atoms with Gasteiger partial charge >= 0.3 is 5.69 Å². The van der Waals surface area contributed by atoms with Crippen molar-refractivity contribution in [2.45, 2.75) is 18.9 Å². The standard InChI is InChI=1S/C16H16ClN3O/c17-12-9-15-14(19-16(21)20-15)8-11(12)13(18)7-6-10-4-2-1-3-5-10/h1-5,8-9,13H,6-7,18H2,(H2,19,20,21). The molecule has 0 aliphatic carbocycles. The molecule has 0 spiro atoms. The third-order valence-electron chi connectivity index (χ3n) is 3.62. The first kappa shape index (κ1) is 13.9. The summed E-state index contributed by atoms with van der Waals surface area (Å²) in [5, 5.41) is 0.582. The third-order valence-corrected chi connectivity index (χ3v) is 3.95. The Morgan fingerprint density at radius 1 is 1.10 bits per heavy atom. The van der Waals surface area contributed by atoms with Gasteiger partial charge in [-0.05, 0) is 36.1 Å². The summed E-state index contributed by atoms with van der Waals surface area (Å²) in [6, 6.07) is 13.6. The molecule has 3 aromatic rings. The summed E-state index contributed by atoms with van der Waals surface area (Å²) in [6.45, 7) is 0. The number of nitrogens with one attached hydrogen (secondary N) is 2. The maximum atomic E-state index is 11.3. The van der Waals surface area contributed by atoms with E-state index in [1.165, 1.54) is 5.56 Å². The largest absolute Gasteiger partial charge is 0.324 e. The van der Waals surface area contributed by atoms with Crippen LogP contribution in [0.4, 0.5) is 0 Å². The van der Waals surface area contributed by atoms with Crippen LogP contribution in [0.5, 0.6) is 0 Å². The molecule has 0 saturated heterocycles. The Morgan fingerprint density at radius 3 is 2.48 bits per heavy atom. The Balaban J connectivity index is 1.82. The number of aromatic amines is 2. The van der Waals surface area contributed by atoms with Crippen LogP contribution in [0.2, 0.25) is 5.02 Å². The van der Waals surface area contributed by atoms with Gasteiger partial charge in [0.1, 0.15) is 0 Å². The van der Waals surface area contributed by atoms with Gasteiger partial charge in [0.15, 0.2) is 0 Å². The first-order valence-electron chi connectivity index (χ1n) is 6.84. The molecule has 2 aromatic carbocycles. The van der Waals surface area contributed by atoms with Crippen LogP contribution in [0.25, 0.3) is 11.0 Å². The smallest absolute Gasteiger partial charge is 0.323 e. The molecule has 3 rings (SSSR count). The third kappa shape index (κ3) is 3.01. The van der Waals surface area contributed by atoms with E-state index in [4.69, 9.17) is 17.3 Å². The maximum absolute atomic E-state index is 11.3. The minimum absolute atomic E-state index is 0.166. The van der Waals surface area contributed by atoms with E-state index >= 15 is 0 Å². The lowest BCUT2D eigenvalue weighted by atomic mass is 9.99. The molecule has 0 bridgehead atoms. The molecule has 0 saturated carbocycles. The van der Waals surface area contributed by atoms with Crippen molar-refractivity contribution < 1.29 is 0 Å². The number of imidazole rings is 1. The van der Waals surface area contributed by atoms with Crippen molar-refractivity contribution in [1.82, 2.24) is 9.97 Å². The SMILES string of the molecule is NC(CCc1ccccc1)c1cc2[nH]c(=O)[nH]c2cc1Cl. The highest BCUT2D eigenvalue weighted by Crippen LogP contribution is 2.27. The van der Waals surface area contributed by atoms with E-state index < -0.39 is 0 Å². The van der Waals surface area contributed by atoms with Crippen LogP contribution in [0, 0.1) is 0 Å². The summed E-state index contributed by atoms with van der Waals surface area (Å²) in [7, 11) is 0. The molecule has 0 aliphatic heterocycles. The van der Waals surface area contributed by atoms with Crippen molar-refractivity contribution in [1.29, 1.82) is 0 Å². The first-order chi connectivity index (χ1) is 10.1. The second-order valence-corrected chi connectivity index (χ2v) is 5.54. The number of rotatable bonds is 4. The number of nitrogens with two attached hydrogens (primary N) is 1. The van der Waals surface area contributed by atoms with E-state index in [-0.39, 0.29) is 11.7 Å². The Labute approximate surface area is 126 Å². The van der Waals surface area contributed by atoms with Crippen molar-refractivity contribution in [3.63, 3.8) is 0 Å². The fourth-order valence-corrected chi connectivity index (χ4v) is 2.78. The molecule has 1 atom stereocenters. The van der Waals surface area contributed by atoms with Crippen molar-refractivity contribution >= 4 is 22.6 Å². The molecule has 4 nitrogen and oxygen atoms in total. The molecule has 1 aromatic heterocycles. The van der Waals surface area contributed by atoms with E-state index in [2.05, 4.69) is 22.1 Å². The van der Waals surface area contributed by atoms with E-state index in [9.17, 15) is 4.79 Å². The van der Waals surface area contributed by atoms with Gasteiger partial charge in [0.25, 0.3) is 0 Å². The van der Waals surface area contributed by atoms with Gasteiger partial charge in [-0.2, -0.15) is 0 Å². The van der Waals surface area contributed by atoms with Gasteiger partial charge in [-0.1, -0.05) is 41.9 Å². The molecule has 4 N–H and O–H groups in total. The van der Waals surface area contributed by atoms with Crippen LogP contribution in [0.15, 0.2) is 47.3 Å². The normalized spacial score (nSPS) is 12.7. The predicted octanol–water partition coefficient (Wildman–Crippen LogP) is 3.14. The lowest BCUT2D eigenvalue weighted by molar-refractivity contribution is 0.652. The molecular formula is C16H16ClN3O. The highest BCUT2D eigenvalue weighted by atomic mass is 35.5. The lowest BCUT2D eigenvalue weighted by Gasteiger charge is -2.14. The highest BCUT2D eigenvalue weighted by molar-refractivity contribution is 6.32. The second-order valence-electron chi connectivity index (χ2n) is 5.13. The number of hydrogen-bond donors (Lipinski definition) is 3. The van der Waals surface area contributed by atoms with Gasteiger partial charge in [-0.3, -0.25) is 0 Å². The predicted molar refractivity (Wildman–Crippen MR) is 85.6 cm³/mol. The first-order valence-corrected chi connectivity index (χ1v) is 7.22. The minimum atomic E-state index is -0.240. The summed E-state index contributed by atoms with van der Waals surface area (Å²) in [5.74, 6) is 0. The molecule has 0 fully saturated rings. The molecule has 0 aliphatic rings. The van der Waals surface area contributed by atoms with Crippen LogP contribution < -0.4 is 11.4 Å². The Kier molecular flexibility index (Phi) is 3.82. The van der Waals surface area contributed by atoms with Gasteiger partial charge in [0.05, 0.1) is 11.0 Å². The quantitative estimate of drug-likeness (QED) is 0.692. The maximum Gasteiger partial charge on any atom is 0.323 e. The number of fused-ring (bicyclic) bond motifs is 1.